The van der Waals surface area contributed by atoms with Gasteiger partial charge in [-0.25, -0.2) is 4.98 Å². The molecule has 0 aromatic carbocycles. The van der Waals surface area contributed by atoms with Crippen molar-refractivity contribution in [1.29, 1.82) is 0 Å². The number of nitrogens with one attached hydrogen (secondary N) is 1. The molecule has 0 bridgehead atoms. The molecule has 0 radical (unpaired) electrons. The molecule has 1 N–H and O–H groups in total. The summed E-state index contributed by atoms with van der Waals surface area (Å²) in [6.07, 6.45) is 6.48. The van der Waals surface area contributed by atoms with Gasteiger partial charge in [-0.3, -0.25) is 4.99 Å². The Kier molecular flexibility index (Phi) is 6.49. The van der Waals surface area contributed by atoms with Gasteiger partial charge in [0.15, 0.2) is 5.96 Å². The van der Waals surface area contributed by atoms with E-state index < -0.39 is 0 Å². The van der Waals surface area contributed by atoms with Crippen molar-refractivity contribution in [2.75, 3.05) is 39.8 Å². The number of guanidine groups is 1. The summed E-state index contributed by atoms with van der Waals surface area (Å²) in [5.74, 6) is 1.81. The molecule has 3 rings (SSSR count). The van der Waals surface area contributed by atoms with Gasteiger partial charge in [-0.15, -0.1) is 11.3 Å². The highest BCUT2D eigenvalue weighted by molar-refractivity contribution is 7.09. The maximum Gasteiger partial charge on any atom is 0.193 e. The number of piperidine rings is 1. The highest BCUT2D eigenvalue weighted by atomic mass is 32.1. The monoisotopic (exact) mass is 349 g/mol. The maximum absolute atomic E-state index is 4.63. The molecule has 1 aromatic heterocycles. The third-order valence-electron chi connectivity index (χ3n) is 5.09. The molecular weight excluding hydrogens is 318 g/mol. The summed E-state index contributed by atoms with van der Waals surface area (Å²) in [6, 6.07) is 0. The van der Waals surface area contributed by atoms with Crippen molar-refractivity contribution in [3.05, 3.63) is 16.1 Å². The van der Waals surface area contributed by atoms with Gasteiger partial charge >= 0.3 is 0 Å². The van der Waals surface area contributed by atoms with Crippen molar-refractivity contribution >= 4 is 17.3 Å². The Morgan fingerprint density at radius 2 is 2.17 bits per heavy atom. The Morgan fingerprint density at radius 3 is 2.88 bits per heavy atom. The van der Waals surface area contributed by atoms with Crippen molar-refractivity contribution in [2.45, 2.75) is 45.6 Å². The largest absolute Gasteiger partial charge is 0.351 e. The van der Waals surface area contributed by atoms with Gasteiger partial charge in [0.25, 0.3) is 0 Å². The third kappa shape index (κ3) is 4.70. The SMILES string of the molecule is CCc1nc(CNC(=NC)N2CCC(CN3CCCCC3)C2)cs1. The zero-order valence-corrected chi connectivity index (χ0v) is 15.9. The summed E-state index contributed by atoms with van der Waals surface area (Å²) in [6.45, 7) is 9.04. The molecule has 24 heavy (non-hydrogen) atoms. The third-order valence-corrected chi connectivity index (χ3v) is 6.13. The molecule has 1 atom stereocenters. The zero-order chi connectivity index (χ0) is 16.8. The predicted octanol–water partition coefficient (Wildman–Crippen LogP) is 2.59. The molecule has 2 saturated heterocycles. The molecule has 0 amide bonds. The average Bonchev–Trinajstić information content (AvgIpc) is 3.26. The Balaban J connectivity index is 1.45. The van der Waals surface area contributed by atoms with Crippen LogP contribution in [0.3, 0.4) is 0 Å². The lowest BCUT2D eigenvalue weighted by atomic mass is 10.1. The van der Waals surface area contributed by atoms with Crippen LogP contribution in [-0.4, -0.2) is 60.5 Å². The summed E-state index contributed by atoms with van der Waals surface area (Å²) in [5.41, 5.74) is 1.13. The van der Waals surface area contributed by atoms with Gasteiger partial charge in [0.05, 0.1) is 17.2 Å². The molecule has 5 nitrogen and oxygen atoms in total. The van der Waals surface area contributed by atoms with Crippen LogP contribution in [0.5, 0.6) is 0 Å². The van der Waals surface area contributed by atoms with E-state index in [0.717, 1.165) is 43.6 Å². The molecule has 2 aliphatic rings. The fraction of sp³-hybridized carbons (Fsp3) is 0.778. The molecule has 0 aliphatic carbocycles. The number of hydrogen-bond donors (Lipinski definition) is 1. The number of hydrogen-bond acceptors (Lipinski definition) is 4. The van der Waals surface area contributed by atoms with Gasteiger partial charge in [-0.2, -0.15) is 0 Å². The smallest absolute Gasteiger partial charge is 0.193 e. The lowest BCUT2D eigenvalue weighted by Gasteiger charge is -2.29. The van der Waals surface area contributed by atoms with Crippen LogP contribution < -0.4 is 5.32 Å². The first-order valence-electron chi connectivity index (χ1n) is 9.39. The highest BCUT2D eigenvalue weighted by Crippen LogP contribution is 2.20. The van der Waals surface area contributed by atoms with Crippen LogP contribution in [0, 0.1) is 5.92 Å². The number of nitrogens with zero attached hydrogens (tertiary/aromatic N) is 4. The van der Waals surface area contributed by atoms with E-state index in [1.807, 2.05) is 7.05 Å². The normalized spacial score (nSPS) is 23.0. The molecule has 0 spiro atoms. The van der Waals surface area contributed by atoms with E-state index in [0.29, 0.717) is 0 Å². The Bertz CT molecular complexity index is 535. The standard InChI is InChI=1S/C18H31N5S/c1-3-17-21-16(14-24-17)11-20-18(19-2)23-10-7-15(13-23)12-22-8-5-4-6-9-22/h14-15H,3-13H2,1-2H3,(H,19,20). The topological polar surface area (TPSA) is 43.8 Å². The summed E-state index contributed by atoms with van der Waals surface area (Å²) in [4.78, 5) is 14.2. The average molecular weight is 350 g/mol. The molecule has 6 heteroatoms. The van der Waals surface area contributed by atoms with Crippen LogP contribution in [0.1, 0.15) is 43.3 Å². The lowest BCUT2D eigenvalue weighted by Crippen LogP contribution is -2.41. The predicted molar refractivity (Wildman–Crippen MR) is 102 cm³/mol. The maximum atomic E-state index is 4.63. The van der Waals surface area contributed by atoms with Crippen LogP contribution in [0.25, 0.3) is 0 Å². The van der Waals surface area contributed by atoms with E-state index in [2.05, 4.69) is 37.4 Å². The van der Waals surface area contributed by atoms with Gasteiger partial charge in [0.1, 0.15) is 0 Å². The molecule has 1 aromatic rings. The Morgan fingerprint density at radius 1 is 1.33 bits per heavy atom. The lowest BCUT2D eigenvalue weighted by molar-refractivity contribution is 0.198. The summed E-state index contributed by atoms with van der Waals surface area (Å²) < 4.78 is 0. The van der Waals surface area contributed by atoms with Crippen LogP contribution in [0.15, 0.2) is 10.4 Å². The second-order valence-electron chi connectivity index (χ2n) is 6.95. The zero-order valence-electron chi connectivity index (χ0n) is 15.1. The van der Waals surface area contributed by atoms with E-state index in [9.17, 15) is 0 Å². The number of aromatic nitrogens is 1. The summed E-state index contributed by atoms with van der Waals surface area (Å²) in [7, 11) is 1.89. The van der Waals surface area contributed by atoms with Crippen LogP contribution in [0.4, 0.5) is 0 Å². The van der Waals surface area contributed by atoms with Gasteiger partial charge in [-0.05, 0) is 44.7 Å². The van der Waals surface area contributed by atoms with Crippen molar-refractivity contribution in [2.24, 2.45) is 10.9 Å². The molecule has 1 unspecified atom stereocenters. The van der Waals surface area contributed by atoms with E-state index >= 15 is 0 Å². The molecule has 3 heterocycles. The van der Waals surface area contributed by atoms with Gasteiger partial charge in [0.2, 0.25) is 0 Å². The minimum Gasteiger partial charge on any atom is -0.351 e. The highest BCUT2D eigenvalue weighted by Gasteiger charge is 2.26. The van der Waals surface area contributed by atoms with Gasteiger partial charge < -0.3 is 15.1 Å². The van der Waals surface area contributed by atoms with E-state index in [4.69, 9.17) is 0 Å². The second kappa shape index (κ2) is 8.81. The number of aliphatic imine (C=N–C) groups is 1. The van der Waals surface area contributed by atoms with E-state index in [-0.39, 0.29) is 0 Å². The first kappa shape index (κ1) is 17.7. The Hall–Kier alpha value is -1.14. The van der Waals surface area contributed by atoms with E-state index in [1.165, 1.54) is 50.3 Å². The number of aryl methyl sites for hydroxylation is 1. The molecule has 2 fully saturated rings. The Labute approximate surface area is 150 Å². The number of rotatable bonds is 5. The van der Waals surface area contributed by atoms with Crippen molar-refractivity contribution in [3.8, 4) is 0 Å². The number of thiazole rings is 1. The summed E-state index contributed by atoms with van der Waals surface area (Å²) in [5, 5.41) is 6.86. The minimum absolute atomic E-state index is 0.774. The minimum atomic E-state index is 0.774. The molecule has 2 aliphatic heterocycles. The first-order valence-corrected chi connectivity index (χ1v) is 10.3. The van der Waals surface area contributed by atoms with Crippen molar-refractivity contribution < 1.29 is 0 Å². The van der Waals surface area contributed by atoms with Crippen LogP contribution >= 0.6 is 11.3 Å². The second-order valence-corrected chi connectivity index (χ2v) is 7.89. The molecular formula is C18H31N5S. The fourth-order valence-corrected chi connectivity index (χ4v) is 4.52. The molecule has 0 saturated carbocycles. The van der Waals surface area contributed by atoms with Crippen molar-refractivity contribution in [3.63, 3.8) is 0 Å². The van der Waals surface area contributed by atoms with Gasteiger partial charge in [0, 0.05) is 32.1 Å². The molecule has 134 valence electrons. The van der Waals surface area contributed by atoms with E-state index in [1.54, 1.807) is 11.3 Å². The van der Waals surface area contributed by atoms with Crippen LogP contribution in [-0.2, 0) is 13.0 Å². The van der Waals surface area contributed by atoms with Crippen molar-refractivity contribution in [1.82, 2.24) is 20.1 Å². The van der Waals surface area contributed by atoms with Gasteiger partial charge in [-0.1, -0.05) is 13.3 Å². The quantitative estimate of drug-likeness (QED) is 0.655. The first-order chi connectivity index (χ1) is 11.8. The van der Waals surface area contributed by atoms with Crippen LogP contribution in [0.2, 0.25) is 0 Å². The fourth-order valence-electron chi connectivity index (χ4n) is 3.78. The number of likely N-dealkylation sites (tertiary alicyclic amines) is 2. The summed E-state index contributed by atoms with van der Waals surface area (Å²) >= 11 is 1.75.